The van der Waals surface area contributed by atoms with Crippen molar-refractivity contribution in [3.05, 3.63) is 11.9 Å². The molecular weight excluding hydrogens is 221 g/mol. The summed E-state index contributed by atoms with van der Waals surface area (Å²) in [5.74, 6) is -1.39. The molecule has 0 bridgehead atoms. The van der Waals surface area contributed by atoms with Crippen LogP contribution in [0.4, 0.5) is 24.8 Å². The van der Waals surface area contributed by atoms with E-state index in [0.29, 0.717) is 0 Å². The highest BCUT2D eigenvalue weighted by atomic mass is 19.4. The number of hydrogen-bond donors (Lipinski definition) is 2. The van der Waals surface area contributed by atoms with Crippen LogP contribution in [0.25, 0.3) is 0 Å². The Morgan fingerprint density at radius 1 is 1.19 bits per heavy atom. The predicted octanol–water partition coefficient (Wildman–Crippen LogP) is 2.29. The highest BCUT2D eigenvalue weighted by Crippen LogP contribution is 2.28. The van der Waals surface area contributed by atoms with Gasteiger partial charge in [-0.25, -0.2) is 9.97 Å². The molecule has 0 amide bonds. The molecule has 1 rings (SSSR count). The monoisotopic (exact) mass is 234 g/mol. The van der Waals surface area contributed by atoms with Crippen LogP contribution in [0.5, 0.6) is 0 Å². The number of rotatable bonds is 1. The van der Waals surface area contributed by atoms with Gasteiger partial charge in [-0.3, -0.25) is 0 Å². The average molecular weight is 234 g/mol. The lowest BCUT2D eigenvalue weighted by atomic mass is 10.1. The molecule has 0 aliphatic rings. The first-order valence-electron chi connectivity index (χ1n) is 4.58. The first-order valence-corrected chi connectivity index (χ1v) is 4.58. The van der Waals surface area contributed by atoms with E-state index in [9.17, 15) is 13.2 Å². The molecule has 0 spiro atoms. The molecule has 0 fully saturated rings. The largest absolute Gasteiger partial charge is 0.451 e. The molecule has 1 aromatic rings. The Hall–Kier alpha value is -1.53. The molecular formula is C9H13F3N4. The van der Waals surface area contributed by atoms with E-state index in [0.717, 1.165) is 0 Å². The van der Waals surface area contributed by atoms with Gasteiger partial charge in [0, 0.05) is 11.6 Å². The second-order valence-electron chi connectivity index (χ2n) is 4.37. The SMILES string of the molecule is CC(C)(C)Nc1cc(N)nc(C(F)(F)F)n1. The maximum Gasteiger partial charge on any atom is 0.451 e. The van der Waals surface area contributed by atoms with Gasteiger partial charge in [-0.1, -0.05) is 0 Å². The Morgan fingerprint density at radius 2 is 1.75 bits per heavy atom. The average Bonchev–Trinajstić information content (AvgIpc) is 1.97. The highest BCUT2D eigenvalue weighted by Gasteiger charge is 2.35. The zero-order valence-corrected chi connectivity index (χ0v) is 9.18. The number of nitrogens with two attached hydrogens (primary N) is 1. The maximum atomic E-state index is 12.4. The van der Waals surface area contributed by atoms with E-state index in [-0.39, 0.29) is 11.6 Å². The summed E-state index contributed by atoms with van der Waals surface area (Å²) in [6, 6.07) is 1.26. The van der Waals surface area contributed by atoms with Gasteiger partial charge >= 0.3 is 6.18 Å². The van der Waals surface area contributed by atoms with Gasteiger partial charge < -0.3 is 11.1 Å². The van der Waals surface area contributed by atoms with E-state index in [1.165, 1.54) is 6.07 Å². The molecule has 90 valence electrons. The van der Waals surface area contributed by atoms with Gasteiger partial charge in [0.2, 0.25) is 5.82 Å². The van der Waals surface area contributed by atoms with Gasteiger partial charge in [0.25, 0.3) is 0 Å². The zero-order valence-electron chi connectivity index (χ0n) is 9.18. The Kier molecular flexibility index (Phi) is 2.98. The maximum absolute atomic E-state index is 12.4. The molecule has 4 nitrogen and oxygen atoms in total. The fraction of sp³-hybridized carbons (Fsp3) is 0.556. The summed E-state index contributed by atoms with van der Waals surface area (Å²) in [5, 5.41) is 2.80. The van der Waals surface area contributed by atoms with Crippen molar-refractivity contribution in [1.82, 2.24) is 9.97 Å². The third kappa shape index (κ3) is 3.56. The standard InChI is InChI=1S/C9H13F3N4/c1-8(2,3)16-6-4-5(13)14-7(15-6)9(10,11)12/h4H,1-3H3,(H3,13,14,15,16). The quantitative estimate of drug-likeness (QED) is 0.782. The third-order valence-electron chi connectivity index (χ3n) is 1.50. The summed E-state index contributed by atoms with van der Waals surface area (Å²) in [6.07, 6.45) is -4.59. The van der Waals surface area contributed by atoms with Crippen molar-refractivity contribution < 1.29 is 13.2 Å². The number of aromatic nitrogens is 2. The lowest BCUT2D eigenvalue weighted by Crippen LogP contribution is -2.27. The van der Waals surface area contributed by atoms with Crippen LogP contribution in [0.15, 0.2) is 6.07 Å². The minimum atomic E-state index is -4.59. The van der Waals surface area contributed by atoms with Crippen LogP contribution in [0.1, 0.15) is 26.6 Å². The fourth-order valence-electron chi connectivity index (χ4n) is 1.04. The first-order chi connectivity index (χ1) is 7.08. The Morgan fingerprint density at radius 3 is 2.19 bits per heavy atom. The van der Waals surface area contributed by atoms with Gasteiger partial charge in [0.05, 0.1) is 0 Å². The highest BCUT2D eigenvalue weighted by molar-refractivity contribution is 5.46. The summed E-state index contributed by atoms with van der Waals surface area (Å²) in [5.41, 5.74) is 4.88. The van der Waals surface area contributed by atoms with Gasteiger partial charge in [-0.05, 0) is 20.8 Å². The molecule has 1 heterocycles. The van der Waals surface area contributed by atoms with Gasteiger partial charge in [-0.15, -0.1) is 0 Å². The second kappa shape index (κ2) is 3.80. The Labute approximate surface area is 91.1 Å². The molecule has 1 aromatic heterocycles. The van der Waals surface area contributed by atoms with Crippen LogP contribution >= 0.6 is 0 Å². The molecule has 0 aliphatic heterocycles. The Balaban J connectivity index is 3.09. The minimum Gasteiger partial charge on any atom is -0.384 e. The van der Waals surface area contributed by atoms with E-state index in [1.807, 2.05) is 0 Å². The van der Waals surface area contributed by atoms with Crippen LogP contribution in [0.2, 0.25) is 0 Å². The van der Waals surface area contributed by atoms with Crippen molar-refractivity contribution in [2.75, 3.05) is 11.1 Å². The van der Waals surface area contributed by atoms with Crippen molar-refractivity contribution in [3.8, 4) is 0 Å². The van der Waals surface area contributed by atoms with Crippen LogP contribution in [-0.4, -0.2) is 15.5 Å². The molecule has 0 aromatic carbocycles. The van der Waals surface area contributed by atoms with Crippen molar-refractivity contribution in [1.29, 1.82) is 0 Å². The van der Waals surface area contributed by atoms with E-state index in [4.69, 9.17) is 5.73 Å². The topological polar surface area (TPSA) is 63.8 Å². The number of nitrogen functional groups attached to an aromatic ring is 1. The van der Waals surface area contributed by atoms with Crippen LogP contribution in [0, 0.1) is 0 Å². The molecule has 7 heteroatoms. The second-order valence-corrected chi connectivity index (χ2v) is 4.37. The van der Waals surface area contributed by atoms with Gasteiger partial charge in [0.15, 0.2) is 0 Å². The summed E-state index contributed by atoms with van der Waals surface area (Å²) in [6.45, 7) is 5.41. The summed E-state index contributed by atoms with van der Waals surface area (Å²) in [4.78, 5) is 6.50. The van der Waals surface area contributed by atoms with Crippen molar-refractivity contribution in [2.24, 2.45) is 0 Å². The van der Waals surface area contributed by atoms with Gasteiger partial charge in [-0.2, -0.15) is 13.2 Å². The third-order valence-corrected chi connectivity index (χ3v) is 1.50. The van der Waals surface area contributed by atoms with Crippen LogP contribution < -0.4 is 11.1 Å². The molecule has 0 saturated carbocycles. The lowest BCUT2D eigenvalue weighted by molar-refractivity contribution is -0.144. The van der Waals surface area contributed by atoms with E-state index in [1.54, 1.807) is 20.8 Å². The van der Waals surface area contributed by atoms with Crippen molar-refractivity contribution in [2.45, 2.75) is 32.5 Å². The fourth-order valence-corrected chi connectivity index (χ4v) is 1.04. The molecule has 0 atom stereocenters. The molecule has 16 heavy (non-hydrogen) atoms. The number of halogens is 3. The predicted molar refractivity (Wildman–Crippen MR) is 54.8 cm³/mol. The van der Waals surface area contributed by atoms with Crippen molar-refractivity contribution >= 4 is 11.6 Å². The van der Waals surface area contributed by atoms with Crippen LogP contribution in [0.3, 0.4) is 0 Å². The summed E-state index contributed by atoms with van der Waals surface area (Å²) in [7, 11) is 0. The smallest absolute Gasteiger partial charge is 0.384 e. The summed E-state index contributed by atoms with van der Waals surface area (Å²) < 4.78 is 37.1. The van der Waals surface area contributed by atoms with Crippen LogP contribution in [-0.2, 0) is 6.18 Å². The number of hydrogen-bond acceptors (Lipinski definition) is 4. The van der Waals surface area contributed by atoms with E-state index >= 15 is 0 Å². The zero-order chi connectivity index (χ0) is 12.6. The minimum absolute atomic E-state index is 0.0623. The number of alkyl halides is 3. The summed E-state index contributed by atoms with van der Waals surface area (Å²) >= 11 is 0. The van der Waals surface area contributed by atoms with E-state index in [2.05, 4.69) is 15.3 Å². The van der Waals surface area contributed by atoms with E-state index < -0.39 is 17.5 Å². The number of anilines is 2. The first kappa shape index (κ1) is 12.5. The number of nitrogens with zero attached hydrogens (tertiary/aromatic N) is 2. The number of nitrogens with one attached hydrogen (secondary N) is 1. The normalized spacial score (nSPS) is 12.6. The van der Waals surface area contributed by atoms with Crippen molar-refractivity contribution in [3.63, 3.8) is 0 Å². The molecule has 0 unspecified atom stereocenters. The molecule has 3 N–H and O–H groups in total. The molecule has 0 aliphatic carbocycles. The molecule has 0 radical (unpaired) electrons. The molecule has 0 saturated heterocycles. The van der Waals surface area contributed by atoms with Gasteiger partial charge in [0.1, 0.15) is 11.6 Å². The lowest BCUT2D eigenvalue weighted by Gasteiger charge is -2.21. The Bertz CT molecular complexity index is 381.